The molecule has 10 heteroatoms. The molecule has 0 aliphatic carbocycles. The van der Waals surface area contributed by atoms with E-state index >= 15 is 0 Å². The second-order valence-electron chi connectivity index (χ2n) is 8.30. The number of anilines is 1. The predicted molar refractivity (Wildman–Crippen MR) is 132 cm³/mol. The van der Waals surface area contributed by atoms with Crippen molar-refractivity contribution >= 4 is 34.0 Å². The second kappa shape index (κ2) is 9.67. The Bertz CT molecular complexity index is 1250. The number of aromatic amines is 1. The number of hydrogen-bond donors (Lipinski definition) is 3. The van der Waals surface area contributed by atoms with Crippen LogP contribution in [0.2, 0.25) is 0 Å². The van der Waals surface area contributed by atoms with Gasteiger partial charge in [-0.25, -0.2) is 4.98 Å². The van der Waals surface area contributed by atoms with E-state index in [-0.39, 0.29) is 24.8 Å². The van der Waals surface area contributed by atoms with Gasteiger partial charge in [0.15, 0.2) is 5.78 Å². The minimum absolute atomic E-state index is 0.0302. The number of benzene rings is 2. The van der Waals surface area contributed by atoms with Crippen LogP contribution in [0.15, 0.2) is 48.3 Å². The summed E-state index contributed by atoms with van der Waals surface area (Å²) in [6.45, 7) is 1.70. The minimum Gasteiger partial charge on any atom is -0.497 e. The lowest BCUT2D eigenvalue weighted by molar-refractivity contribution is -0.125. The fourth-order valence-electron chi connectivity index (χ4n) is 4.31. The molecule has 0 saturated carbocycles. The molecule has 0 fully saturated rings. The van der Waals surface area contributed by atoms with Crippen molar-refractivity contribution in [3.8, 4) is 11.5 Å². The molecule has 1 aromatic heterocycles. The van der Waals surface area contributed by atoms with Crippen molar-refractivity contribution in [3.05, 3.63) is 54.1 Å². The molecule has 0 spiro atoms. The summed E-state index contributed by atoms with van der Waals surface area (Å²) < 4.78 is 15.9. The third-order valence-electron chi connectivity index (χ3n) is 6.03. The predicted octanol–water partition coefficient (Wildman–Crippen LogP) is 2.08. The van der Waals surface area contributed by atoms with Gasteiger partial charge in [0, 0.05) is 38.9 Å². The Balaban J connectivity index is 1.89. The van der Waals surface area contributed by atoms with Gasteiger partial charge >= 0.3 is 0 Å². The number of carbonyl (C=O) groups excluding carboxylic acids is 2. The quantitative estimate of drug-likeness (QED) is 0.427. The van der Waals surface area contributed by atoms with E-state index < -0.39 is 5.54 Å². The molecule has 2 aromatic carbocycles. The molecule has 3 N–H and O–H groups in total. The Hall–Kier alpha value is -4.05. The van der Waals surface area contributed by atoms with Crippen molar-refractivity contribution < 1.29 is 23.8 Å². The lowest BCUT2D eigenvalue weighted by atomic mass is 9.92. The molecule has 4 rings (SSSR count). The molecular weight excluding hydrogens is 450 g/mol. The van der Waals surface area contributed by atoms with Gasteiger partial charge in [-0.15, -0.1) is 0 Å². The number of methoxy groups -OCH3 is 3. The van der Waals surface area contributed by atoms with Crippen LogP contribution in [0.1, 0.15) is 12.7 Å². The average Bonchev–Trinajstić information content (AvgIpc) is 3.39. The van der Waals surface area contributed by atoms with E-state index in [1.807, 2.05) is 41.3 Å². The van der Waals surface area contributed by atoms with E-state index in [9.17, 15) is 9.59 Å². The summed E-state index contributed by atoms with van der Waals surface area (Å²) in [6, 6.07) is 12.9. The van der Waals surface area contributed by atoms with E-state index in [0.717, 1.165) is 11.0 Å². The minimum atomic E-state index is -1.19. The van der Waals surface area contributed by atoms with Gasteiger partial charge in [0.25, 0.3) is 0 Å². The van der Waals surface area contributed by atoms with Gasteiger partial charge in [-0.2, -0.15) is 0 Å². The van der Waals surface area contributed by atoms with Crippen molar-refractivity contribution in [2.24, 2.45) is 0 Å². The molecule has 2 heterocycles. The molecule has 0 bridgehead atoms. The van der Waals surface area contributed by atoms with Crippen molar-refractivity contribution in [1.29, 1.82) is 0 Å². The Morgan fingerprint density at radius 1 is 1.11 bits per heavy atom. The van der Waals surface area contributed by atoms with Gasteiger partial charge in [-0.1, -0.05) is 12.1 Å². The SMILES string of the molecule is CNC1=C(c2nc3ccccc3[nH]2)C(=O)[C@](C)(CNC(=O)COC)N1c1cc(OC)cc(OC)c1. The first-order valence-electron chi connectivity index (χ1n) is 11.1. The summed E-state index contributed by atoms with van der Waals surface area (Å²) >= 11 is 0. The number of para-hydroxylation sites is 2. The number of nitrogens with one attached hydrogen (secondary N) is 3. The van der Waals surface area contributed by atoms with Gasteiger partial charge < -0.3 is 34.7 Å². The number of fused-ring (bicyclic) bond motifs is 1. The van der Waals surface area contributed by atoms with Gasteiger partial charge in [0.1, 0.15) is 40.9 Å². The zero-order valence-corrected chi connectivity index (χ0v) is 20.4. The van der Waals surface area contributed by atoms with Gasteiger partial charge in [-0.3, -0.25) is 9.59 Å². The maximum absolute atomic E-state index is 14.1. The van der Waals surface area contributed by atoms with Crippen LogP contribution in [0.3, 0.4) is 0 Å². The summed E-state index contributed by atoms with van der Waals surface area (Å²) in [4.78, 5) is 36.1. The molecule has 184 valence electrons. The van der Waals surface area contributed by atoms with Crippen LogP contribution in [-0.4, -0.2) is 68.7 Å². The summed E-state index contributed by atoms with van der Waals surface area (Å²) in [5.74, 6) is 1.56. The molecule has 1 aliphatic rings. The summed E-state index contributed by atoms with van der Waals surface area (Å²) in [5, 5.41) is 6.01. The van der Waals surface area contributed by atoms with Crippen LogP contribution >= 0.6 is 0 Å². The number of Topliss-reactive ketones (excluding diaryl/α,β-unsaturated/α-hetero) is 1. The second-order valence-corrected chi connectivity index (χ2v) is 8.30. The zero-order valence-electron chi connectivity index (χ0n) is 20.4. The summed E-state index contributed by atoms with van der Waals surface area (Å²) in [5.41, 5.74) is 1.40. The number of carbonyl (C=O) groups is 2. The molecule has 1 atom stereocenters. The fourth-order valence-corrected chi connectivity index (χ4v) is 4.31. The molecule has 0 unspecified atom stereocenters. The van der Waals surface area contributed by atoms with E-state index in [1.54, 1.807) is 34.3 Å². The smallest absolute Gasteiger partial charge is 0.246 e. The van der Waals surface area contributed by atoms with E-state index in [2.05, 4.69) is 20.6 Å². The molecule has 35 heavy (non-hydrogen) atoms. The Morgan fingerprint density at radius 2 is 1.80 bits per heavy atom. The van der Waals surface area contributed by atoms with E-state index in [4.69, 9.17) is 14.2 Å². The molecule has 10 nitrogen and oxygen atoms in total. The molecular formula is C25H29N5O5. The Labute approximate surface area is 203 Å². The zero-order chi connectivity index (χ0) is 25.2. The molecule has 0 saturated heterocycles. The number of hydrogen-bond acceptors (Lipinski definition) is 8. The normalized spacial score (nSPS) is 17.7. The van der Waals surface area contributed by atoms with Crippen LogP contribution in [-0.2, 0) is 14.3 Å². The number of ether oxygens (including phenoxy) is 3. The number of aromatic nitrogens is 2. The summed E-state index contributed by atoms with van der Waals surface area (Å²) in [6.07, 6.45) is 0. The first-order valence-corrected chi connectivity index (χ1v) is 11.1. The highest BCUT2D eigenvalue weighted by molar-refractivity contribution is 6.30. The van der Waals surface area contributed by atoms with Gasteiger partial charge in [0.05, 0.1) is 30.9 Å². The number of imidazole rings is 1. The first-order chi connectivity index (χ1) is 16.9. The van der Waals surface area contributed by atoms with Crippen molar-refractivity contribution in [2.75, 3.05) is 46.4 Å². The van der Waals surface area contributed by atoms with Crippen LogP contribution in [0.4, 0.5) is 5.69 Å². The number of nitrogens with zero attached hydrogens (tertiary/aromatic N) is 2. The van der Waals surface area contributed by atoms with Gasteiger partial charge in [0.2, 0.25) is 5.91 Å². The molecule has 1 aliphatic heterocycles. The summed E-state index contributed by atoms with van der Waals surface area (Å²) in [7, 11) is 6.31. The molecule has 1 amide bonds. The Morgan fingerprint density at radius 3 is 2.40 bits per heavy atom. The maximum Gasteiger partial charge on any atom is 0.246 e. The lowest BCUT2D eigenvalue weighted by Gasteiger charge is -2.37. The molecule has 0 radical (unpaired) electrons. The van der Waals surface area contributed by atoms with E-state index in [1.165, 1.54) is 7.11 Å². The van der Waals surface area contributed by atoms with E-state index in [0.29, 0.717) is 34.4 Å². The largest absolute Gasteiger partial charge is 0.497 e. The highest BCUT2D eigenvalue weighted by atomic mass is 16.5. The number of H-pyrrole nitrogens is 1. The van der Waals surface area contributed by atoms with Crippen molar-refractivity contribution in [2.45, 2.75) is 12.5 Å². The monoisotopic (exact) mass is 479 g/mol. The molecule has 3 aromatic rings. The third kappa shape index (κ3) is 4.28. The standard InChI is InChI=1S/C25H29N5O5/c1-25(14-27-20(31)13-33-3)22(32)21(23-28-18-8-6-7-9-19(18)29-23)24(26-2)30(25)15-10-16(34-4)12-17(11-15)35-5/h6-12,26H,13-14H2,1-5H3,(H,27,31)(H,28,29)/t25-/m0/s1. The van der Waals surface area contributed by atoms with Crippen LogP contribution in [0.5, 0.6) is 11.5 Å². The van der Waals surface area contributed by atoms with Gasteiger partial charge in [-0.05, 0) is 19.1 Å². The van der Waals surface area contributed by atoms with Crippen molar-refractivity contribution in [3.63, 3.8) is 0 Å². The lowest BCUT2D eigenvalue weighted by Crippen LogP contribution is -2.56. The third-order valence-corrected chi connectivity index (χ3v) is 6.03. The van der Waals surface area contributed by atoms with Crippen LogP contribution < -0.4 is 25.0 Å². The number of amides is 1. The maximum atomic E-state index is 14.1. The van der Waals surface area contributed by atoms with Crippen LogP contribution in [0.25, 0.3) is 16.6 Å². The highest BCUT2D eigenvalue weighted by Gasteiger charge is 2.51. The highest BCUT2D eigenvalue weighted by Crippen LogP contribution is 2.43. The average molecular weight is 480 g/mol. The Kier molecular flexibility index (Phi) is 6.65. The van der Waals surface area contributed by atoms with Crippen LogP contribution in [0, 0.1) is 0 Å². The number of ketones is 1. The fraction of sp³-hybridized carbons (Fsp3) is 0.320. The topological polar surface area (TPSA) is 118 Å². The first kappa shape index (κ1) is 24.1. The number of rotatable bonds is 9. The van der Waals surface area contributed by atoms with Crippen molar-refractivity contribution in [1.82, 2.24) is 20.6 Å².